The van der Waals surface area contributed by atoms with Crippen LogP contribution < -0.4 is 0 Å². The predicted molar refractivity (Wildman–Crippen MR) is 81.0 cm³/mol. The molecule has 1 aromatic rings. The Morgan fingerprint density at radius 3 is 2.40 bits per heavy atom. The second kappa shape index (κ2) is 6.51. The molecule has 0 radical (unpaired) electrons. The Morgan fingerprint density at radius 1 is 1.25 bits per heavy atom. The maximum absolute atomic E-state index is 12.6. The molecule has 1 heterocycles. The van der Waals surface area contributed by atoms with Gasteiger partial charge in [-0.05, 0) is 12.8 Å². The minimum Gasteiger partial charge on any atom is -0.381 e. The molecule has 1 aliphatic heterocycles. The van der Waals surface area contributed by atoms with Crippen LogP contribution in [0.5, 0.6) is 0 Å². The Labute approximate surface area is 121 Å². The zero-order valence-electron chi connectivity index (χ0n) is 12.8. The zero-order chi connectivity index (χ0) is 14.6. The van der Waals surface area contributed by atoms with Gasteiger partial charge in [0.05, 0.1) is 6.10 Å². The van der Waals surface area contributed by atoms with E-state index in [4.69, 9.17) is 4.74 Å². The van der Waals surface area contributed by atoms with Gasteiger partial charge in [0.2, 0.25) is 0 Å². The van der Waals surface area contributed by atoms with Crippen LogP contribution in [0.3, 0.4) is 0 Å². The number of hydrogen-bond acceptors (Lipinski definition) is 3. The number of hydrogen-bond donors (Lipinski definition) is 0. The third kappa shape index (κ3) is 3.68. The number of carbonyl (C=O) groups excluding carboxylic acids is 1. The highest BCUT2D eigenvalue weighted by Gasteiger charge is 2.32. The Balaban J connectivity index is 1.96. The van der Waals surface area contributed by atoms with E-state index in [1.807, 2.05) is 44.2 Å². The average molecular weight is 275 g/mol. The van der Waals surface area contributed by atoms with E-state index >= 15 is 0 Å². The smallest absolute Gasteiger partial charge is 0.169 e. The van der Waals surface area contributed by atoms with Crippen LogP contribution in [0.1, 0.15) is 37.0 Å². The first-order chi connectivity index (χ1) is 9.53. The molecule has 110 valence electrons. The van der Waals surface area contributed by atoms with Crippen LogP contribution in [-0.2, 0) is 4.74 Å². The second-order valence-corrected chi connectivity index (χ2v) is 6.29. The maximum atomic E-state index is 12.6. The lowest BCUT2D eigenvalue weighted by atomic mass is 9.83. The standard InChI is InChI=1S/C17H25NO2/c1-17(2,16(19)14-7-5-4-6-8-14)13-18-11-9-15(20-3)10-12-18/h4-8,15H,9-13H2,1-3H3. The Kier molecular flexibility index (Phi) is 4.95. The van der Waals surface area contributed by atoms with Gasteiger partial charge in [-0.3, -0.25) is 4.79 Å². The fourth-order valence-electron chi connectivity index (χ4n) is 2.91. The van der Waals surface area contributed by atoms with Gasteiger partial charge in [-0.15, -0.1) is 0 Å². The zero-order valence-corrected chi connectivity index (χ0v) is 12.8. The van der Waals surface area contributed by atoms with Crippen molar-refractivity contribution >= 4 is 5.78 Å². The fourth-order valence-corrected chi connectivity index (χ4v) is 2.91. The van der Waals surface area contributed by atoms with Gasteiger partial charge >= 0.3 is 0 Å². The fraction of sp³-hybridized carbons (Fsp3) is 0.588. The predicted octanol–water partition coefficient (Wildman–Crippen LogP) is 3.01. The van der Waals surface area contributed by atoms with Crippen molar-refractivity contribution < 1.29 is 9.53 Å². The number of Topliss-reactive ketones (excluding diaryl/α,β-unsaturated/α-hetero) is 1. The molecule has 0 saturated carbocycles. The van der Waals surface area contributed by atoms with E-state index in [1.54, 1.807) is 7.11 Å². The van der Waals surface area contributed by atoms with Gasteiger partial charge < -0.3 is 9.64 Å². The van der Waals surface area contributed by atoms with Gasteiger partial charge in [-0.2, -0.15) is 0 Å². The molecule has 0 aromatic heterocycles. The van der Waals surface area contributed by atoms with Crippen LogP contribution >= 0.6 is 0 Å². The first-order valence-corrected chi connectivity index (χ1v) is 7.38. The first-order valence-electron chi connectivity index (χ1n) is 7.38. The van der Waals surface area contributed by atoms with Crippen LogP contribution in [0.2, 0.25) is 0 Å². The van der Waals surface area contributed by atoms with Crippen LogP contribution in [0, 0.1) is 5.41 Å². The summed E-state index contributed by atoms with van der Waals surface area (Å²) < 4.78 is 5.39. The number of ether oxygens (including phenoxy) is 1. The van der Waals surface area contributed by atoms with Gasteiger partial charge in [0.25, 0.3) is 0 Å². The number of nitrogens with zero attached hydrogens (tertiary/aromatic N) is 1. The van der Waals surface area contributed by atoms with Crippen LogP contribution in [0.4, 0.5) is 0 Å². The van der Waals surface area contributed by atoms with Crippen molar-refractivity contribution in [2.24, 2.45) is 5.41 Å². The number of likely N-dealkylation sites (tertiary alicyclic amines) is 1. The highest BCUT2D eigenvalue weighted by Crippen LogP contribution is 2.25. The quantitative estimate of drug-likeness (QED) is 0.774. The molecule has 1 saturated heterocycles. The summed E-state index contributed by atoms with van der Waals surface area (Å²) in [5, 5.41) is 0. The molecule has 0 amide bonds. The minimum atomic E-state index is -0.346. The molecule has 0 spiro atoms. The van der Waals surface area contributed by atoms with E-state index in [9.17, 15) is 4.79 Å². The molecule has 0 N–H and O–H groups in total. The van der Waals surface area contributed by atoms with Crippen LogP contribution in [0.25, 0.3) is 0 Å². The van der Waals surface area contributed by atoms with E-state index in [0.717, 1.165) is 38.0 Å². The van der Waals surface area contributed by atoms with E-state index < -0.39 is 0 Å². The van der Waals surface area contributed by atoms with E-state index in [0.29, 0.717) is 6.10 Å². The summed E-state index contributed by atoms with van der Waals surface area (Å²) in [5.74, 6) is 0.229. The highest BCUT2D eigenvalue weighted by atomic mass is 16.5. The van der Waals surface area contributed by atoms with Gasteiger partial charge in [0.15, 0.2) is 5.78 Å². The van der Waals surface area contributed by atoms with Gasteiger partial charge in [0, 0.05) is 37.7 Å². The highest BCUT2D eigenvalue weighted by molar-refractivity contribution is 6.00. The Bertz CT molecular complexity index is 434. The van der Waals surface area contributed by atoms with E-state index in [2.05, 4.69) is 4.90 Å². The van der Waals surface area contributed by atoms with Crippen molar-refractivity contribution in [2.75, 3.05) is 26.7 Å². The van der Waals surface area contributed by atoms with E-state index in [1.165, 1.54) is 0 Å². The van der Waals surface area contributed by atoms with Gasteiger partial charge in [0.1, 0.15) is 0 Å². The van der Waals surface area contributed by atoms with Crippen LogP contribution in [-0.4, -0.2) is 43.5 Å². The van der Waals surface area contributed by atoms with Gasteiger partial charge in [-0.25, -0.2) is 0 Å². The lowest BCUT2D eigenvalue weighted by Gasteiger charge is -2.36. The molecule has 3 heteroatoms. The van der Waals surface area contributed by atoms with Crippen molar-refractivity contribution in [1.29, 1.82) is 0 Å². The molecule has 2 rings (SSSR count). The SMILES string of the molecule is COC1CCN(CC(C)(C)C(=O)c2ccccc2)CC1. The van der Waals surface area contributed by atoms with Crippen LogP contribution in [0.15, 0.2) is 30.3 Å². The Hall–Kier alpha value is -1.19. The Morgan fingerprint density at radius 2 is 1.85 bits per heavy atom. The summed E-state index contributed by atoms with van der Waals surface area (Å²) in [6.45, 7) is 6.95. The normalized spacial score (nSPS) is 18.1. The summed E-state index contributed by atoms with van der Waals surface area (Å²) in [4.78, 5) is 15.0. The number of benzene rings is 1. The lowest BCUT2D eigenvalue weighted by Crippen LogP contribution is -2.44. The van der Waals surface area contributed by atoms with Crippen molar-refractivity contribution in [2.45, 2.75) is 32.8 Å². The molecule has 0 bridgehead atoms. The topological polar surface area (TPSA) is 29.5 Å². The first kappa shape index (κ1) is 15.2. The number of ketones is 1. The minimum absolute atomic E-state index is 0.229. The number of piperidine rings is 1. The van der Waals surface area contributed by atoms with Crippen molar-refractivity contribution in [3.8, 4) is 0 Å². The molecule has 0 aliphatic carbocycles. The average Bonchev–Trinajstić information content (AvgIpc) is 2.48. The molecule has 1 fully saturated rings. The van der Waals surface area contributed by atoms with E-state index in [-0.39, 0.29) is 11.2 Å². The summed E-state index contributed by atoms with van der Waals surface area (Å²) in [6, 6.07) is 9.60. The molecule has 0 unspecified atom stereocenters. The molecular weight excluding hydrogens is 250 g/mol. The number of carbonyl (C=O) groups is 1. The third-order valence-corrected chi connectivity index (χ3v) is 4.14. The largest absolute Gasteiger partial charge is 0.381 e. The van der Waals surface area contributed by atoms with Gasteiger partial charge in [-0.1, -0.05) is 44.2 Å². The molecular formula is C17H25NO2. The third-order valence-electron chi connectivity index (χ3n) is 4.14. The molecule has 1 aromatic carbocycles. The summed E-state index contributed by atoms with van der Waals surface area (Å²) >= 11 is 0. The second-order valence-electron chi connectivity index (χ2n) is 6.29. The number of rotatable bonds is 5. The summed E-state index contributed by atoms with van der Waals surface area (Å²) in [6.07, 6.45) is 2.51. The summed E-state index contributed by atoms with van der Waals surface area (Å²) in [5.41, 5.74) is 0.464. The molecule has 0 atom stereocenters. The molecule has 3 nitrogen and oxygen atoms in total. The van der Waals surface area contributed by atoms with Crippen molar-refractivity contribution in [1.82, 2.24) is 4.90 Å². The van der Waals surface area contributed by atoms with Crippen molar-refractivity contribution in [3.05, 3.63) is 35.9 Å². The summed E-state index contributed by atoms with van der Waals surface area (Å²) in [7, 11) is 1.78. The monoisotopic (exact) mass is 275 g/mol. The molecule has 1 aliphatic rings. The number of methoxy groups -OCH3 is 1. The van der Waals surface area contributed by atoms with Crippen molar-refractivity contribution in [3.63, 3.8) is 0 Å². The maximum Gasteiger partial charge on any atom is 0.169 e. The molecule has 20 heavy (non-hydrogen) atoms. The lowest BCUT2D eigenvalue weighted by molar-refractivity contribution is 0.0296.